The van der Waals surface area contributed by atoms with Crippen molar-refractivity contribution in [2.45, 2.75) is 11.7 Å². The second-order valence-corrected chi connectivity index (χ2v) is 6.07. The van der Waals surface area contributed by atoms with Gasteiger partial charge in [-0.3, -0.25) is 19.1 Å². The molecule has 0 aliphatic rings. The van der Waals surface area contributed by atoms with Crippen LogP contribution in [0.3, 0.4) is 0 Å². The second kappa shape index (κ2) is 7.27. The lowest BCUT2D eigenvalue weighted by atomic mass is 10.2. The number of hydrogen-bond donors (Lipinski definition) is 1. The number of thioether (sulfide) groups is 1. The first kappa shape index (κ1) is 16.2. The highest BCUT2D eigenvalue weighted by molar-refractivity contribution is 7.99. The van der Waals surface area contributed by atoms with Crippen molar-refractivity contribution in [3.8, 4) is 0 Å². The average molecular weight is 340 g/mol. The minimum Gasteiger partial charge on any atom is -0.358 e. The molecule has 0 aliphatic heterocycles. The number of aromatic nitrogens is 3. The smallest absolute Gasteiger partial charge is 0.262 e. The van der Waals surface area contributed by atoms with Crippen molar-refractivity contribution >= 4 is 28.6 Å². The van der Waals surface area contributed by atoms with Gasteiger partial charge in [-0.1, -0.05) is 30.0 Å². The molecule has 0 fully saturated rings. The van der Waals surface area contributed by atoms with Crippen molar-refractivity contribution in [3.63, 3.8) is 0 Å². The number of amides is 1. The van der Waals surface area contributed by atoms with Gasteiger partial charge in [0.25, 0.3) is 5.56 Å². The van der Waals surface area contributed by atoms with Gasteiger partial charge in [-0.2, -0.15) is 0 Å². The molecule has 0 bridgehead atoms. The quantitative estimate of drug-likeness (QED) is 0.565. The standard InChI is InChI=1S/C17H16N4O2S/c1-18-15(22)11-24-17-20-14-7-3-2-6-13(14)16(23)21(17)10-12-5-4-8-19-9-12/h2-9H,10-11H2,1H3,(H,18,22). The predicted molar refractivity (Wildman–Crippen MR) is 94.1 cm³/mol. The molecule has 0 saturated heterocycles. The van der Waals surface area contributed by atoms with Crippen LogP contribution in [0.4, 0.5) is 0 Å². The van der Waals surface area contributed by atoms with E-state index in [2.05, 4.69) is 15.3 Å². The topological polar surface area (TPSA) is 76.9 Å². The molecule has 6 nitrogen and oxygen atoms in total. The molecular weight excluding hydrogens is 324 g/mol. The number of carbonyl (C=O) groups excluding carboxylic acids is 1. The zero-order valence-electron chi connectivity index (χ0n) is 13.1. The Hall–Kier alpha value is -2.67. The Morgan fingerprint density at radius 3 is 2.83 bits per heavy atom. The molecule has 1 amide bonds. The molecular formula is C17H16N4O2S. The maximum Gasteiger partial charge on any atom is 0.262 e. The summed E-state index contributed by atoms with van der Waals surface area (Å²) in [5, 5.41) is 3.65. The van der Waals surface area contributed by atoms with E-state index in [1.807, 2.05) is 24.3 Å². The summed E-state index contributed by atoms with van der Waals surface area (Å²) in [5.41, 5.74) is 1.41. The van der Waals surface area contributed by atoms with Crippen LogP contribution in [-0.4, -0.2) is 33.2 Å². The van der Waals surface area contributed by atoms with Crippen LogP contribution in [0.15, 0.2) is 58.7 Å². The third-order valence-corrected chi connectivity index (χ3v) is 4.48. The maximum atomic E-state index is 12.9. The summed E-state index contributed by atoms with van der Waals surface area (Å²) >= 11 is 1.25. The van der Waals surface area contributed by atoms with Crippen LogP contribution < -0.4 is 10.9 Å². The molecule has 2 aromatic heterocycles. The molecule has 3 rings (SSSR count). The van der Waals surface area contributed by atoms with Crippen LogP contribution in [0, 0.1) is 0 Å². The van der Waals surface area contributed by atoms with Crippen LogP contribution in [0.2, 0.25) is 0 Å². The Kier molecular flexibility index (Phi) is 4.90. The highest BCUT2D eigenvalue weighted by Gasteiger charge is 2.13. The number of nitrogens with one attached hydrogen (secondary N) is 1. The van der Waals surface area contributed by atoms with E-state index in [1.54, 1.807) is 36.1 Å². The number of carbonyl (C=O) groups is 1. The van der Waals surface area contributed by atoms with Crippen molar-refractivity contribution in [3.05, 3.63) is 64.7 Å². The van der Waals surface area contributed by atoms with Crippen LogP contribution in [0.1, 0.15) is 5.56 Å². The zero-order chi connectivity index (χ0) is 16.9. The molecule has 2 heterocycles. The fourth-order valence-electron chi connectivity index (χ4n) is 2.27. The first-order chi connectivity index (χ1) is 11.7. The summed E-state index contributed by atoms with van der Waals surface area (Å²) in [6, 6.07) is 10.9. The van der Waals surface area contributed by atoms with E-state index >= 15 is 0 Å². The molecule has 122 valence electrons. The molecule has 0 atom stereocenters. The molecule has 0 aliphatic carbocycles. The van der Waals surface area contributed by atoms with Gasteiger partial charge in [0.1, 0.15) is 0 Å². The van der Waals surface area contributed by atoms with Crippen molar-refractivity contribution in [2.24, 2.45) is 0 Å². The normalized spacial score (nSPS) is 10.7. The summed E-state index contributed by atoms with van der Waals surface area (Å²) in [6.45, 7) is 0.362. The Morgan fingerprint density at radius 1 is 1.25 bits per heavy atom. The molecule has 3 aromatic rings. The zero-order valence-corrected chi connectivity index (χ0v) is 13.9. The number of para-hydroxylation sites is 1. The van der Waals surface area contributed by atoms with E-state index in [-0.39, 0.29) is 17.2 Å². The molecule has 1 aromatic carbocycles. The number of hydrogen-bond acceptors (Lipinski definition) is 5. The van der Waals surface area contributed by atoms with Gasteiger partial charge < -0.3 is 5.32 Å². The Morgan fingerprint density at radius 2 is 2.08 bits per heavy atom. The van der Waals surface area contributed by atoms with Gasteiger partial charge in [0.15, 0.2) is 5.16 Å². The number of fused-ring (bicyclic) bond motifs is 1. The summed E-state index contributed by atoms with van der Waals surface area (Å²) in [4.78, 5) is 33.0. The van der Waals surface area contributed by atoms with Gasteiger partial charge in [0, 0.05) is 19.4 Å². The fraction of sp³-hybridized carbons (Fsp3) is 0.176. The van der Waals surface area contributed by atoms with Gasteiger partial charge in [0.2, 0.25) is 5.91 Å². The lowest BCUT2D eigenvalue weighted by Crippen LogP contribution is -2.25. The molecule has 7 heteroatoms. The summed E-state index contributed by atoms with van der Waals surface area (Å²) in [6.07, 6.45) is 3.40. The Balaban J connectivity index is 2.07. The Bertz CT molecular complexity index is 925. The molecule has 24 heavy (non-hydrogen) atoms. The van der Waals surface area contributed by atoms with Gasteiger partial charge in [-0.05, 0) is 23.8 Å². The van der Waals surface area contributed by atoms with E-state index in [9.17, 15) is 9.59 Å². The second-order valence-electron chi connectivity index (χ2n) is 5.13. The van der Waals surface area contributed by atoms with Crippen LogP contribution >= 0.6 is 11.8 Å². The van der Waals surface area contributed by atoms with Gasteiger partial charge >= 0.3 is 0 Å². The van der Waals surface area contributed by atoms with Crippen LogP contribution in [0.25, 0.3) is 10.9 Å². The molecule has 0 saturated carbocycles. The number of rotatable bonds is 5. The van der Waals surface area contributed by atoms with Crippen molar-refractivity contribution in [2.75, 3.05) is 12.8 Å². The first-order valence-corrected chi connectivity index (χ1v) is 8.39. The monoisotopic (exact) mass is 340 g/mol. The number of nitrogens with zero attached hydrogens (tertiary/aromatic N) is 3. The first-order valence-electron chi connectivity index (χ1n) is 7.41. The Labute approximate surface area is 142 Å². The van der Waals surface area contributed by atoms with Crippen molar-refractivity contribution in [1.29, 1.82) is 0 Å². The highest BCUT2D eigenvalue weighted by Crippen LogP contribution is 2.18. The maximum absolute atomic E-state index is 12.9. The largest absolute Gasteiger partial charge is 0.358 e. The lowest BCUT2D eigenvalue weighted by molar-refractivity contribution is -0.118. The van der Waals surface area contributed by atoms with E-state index in [0.717, 1.165) is 5.56 Å². The van der Waals surface area contributed by atoms with Gasteiger partial charge in [-0.15, -0.1) is 0 Å². The third-order valence-electron chi connectivity index (χ3n) is 3.50. The van der Waals surface area contributed by atoms with Gasteiger partial charge in [-0.25, -0.2) is 4.98 Å². The molecule has 1 N–H and O–H groups in total. The summed E-state index contributed by atoms with van der Waals surface area (Å²) < 4.78 is 1.59. The molecule has 0 unspecified atom stereocenters. The van der Waals surface area contributed by atoms with Crippen molar-refractivity contribution < 1.29 is 4.79 Å². The molecule has 0 radical (unpaired) electrons. The third kappa shape index (κ3) is 3.46. The van der Waals surface area contributed by atoms with E-state index in [4.69, 9.17) is 0 Å². The van der Waals surface area contributed by atoms with Crippen LogP contribution in [-0.2, 0) is 11.3 Å². The van der Waals surface area contributed by atoms with Crippen molar-refractivity contribution in [1.82, 2.24) is 19.9 Å². The number of benzene rings is 1. The number of pyridine rings is 1. The summed E-state index contributed by atoms with van der Waals surface area (Å²) in [5.74, 6) is 0.0873. The van der Waals surface area contributed by atoms with Crippen LogP contribution in [0.5, 0.6) is 0 Å². The van der Waals surface area contributed by atoms with E-state index in [0.29, 0.717) is 22.6 Å². The minimum absolute atomic E-state index is 0.115. The fourth-order valence-corrected chi connectivity index (χ4v) is 3.14. The molecule has 0 spiro atoms. The summed E-state index contributed by atoms with van der Waals surface area (Å²) in [7, 11) is 1.58. The lowest BCUT2D eigenvalue weighted by Gasteiger charge is -2.12. The van der Waals surface area contributed by atoms with E-state index in [1.165, 1.54) is 11.8 Å². The predicted octanol–water partition coefficient (Wildman–Crippen LogP) is 1.68. The van der Waals surface area contributed by atoms with E-state index < -0.39 is 0 Å². The highest BCUT2D eigenvalue weighted by atomic mass is 32.2. The van der Waals surface area contributed by atoms with Gasteiger partial charge in [0.05, 0.1) is 23.2 Å². The SMILES string of the molecule is CNC(=O)CSc1nc2ccccc2c(=O)n1Cc1cccnc1. The minimum atomic E-state index is -0.121. The average Bonchev–Trinajstić information content (AvgIpc) is 2.63.